The van der Waals surface area contributed by atoms with Crippen LogP contribution in [-0.2, 0) is 11.8 Å². The normalized spacial score (nSPS) is 12.0. The maximum Gasteiger partial charge on any atom is 0.0105 e. The van der Waals surface area contributed by atoms with Crippen LogP contribution in [0.5, 0.6) is 0 Å². The Bertz CT molecular complexity index is 301. The van der Waals surface area contributed by atoms with Crippen LogP contribution in [0.2, 0.25) is 0 Å². The summed E-state index contributed by atoms with van der Waals surface area (Å²) in [6.45, 7) is 11.4. The average molecular weight is 239 g/mol. The smallest absolute Gasteiger partial charge is 0.0105 e. The van der Waals surface area contributed by atoms with Gasteiger partial charge in [0, 0.05) is 15.2 Å². The lowest BCUT2D eigenvalue weighted by molar-refractivity contribution is 0.465. The van der Waals surface area contributed by atoms with Crippen molar-refractivity contribution in [1.82, 2.24) is 5.32 Å². The van der Waals surface area contributed by atoms with Crippen molar-refractivity contribution in [2.45, 2.75) is 52.4 Å². The molecule has 0 radical (unpaired) electrons. The van der Waals surface area contributed by atoms with E-state index in [9.17, 15) is 0 Å². The molecule has 0 fully saturated rings. The average Bonchev–Trinajstić information content (AvgIpc) is 2.73. The van der Waals surface area contributed by atoms with Crippen molar-refractivity contribution in [2.75, 3.05) is 13.1 Å². The number of thiophene rings is 1. The molecule has 0 aliphatic rings. The van der Waals surface area contributed by atoms with Crippen LogP contribution in [0, 0.1) is 0 Å². The van der Waals surface area contributed by atoms with Crippen LogP contribution in [-0.4, -0.2) is 13.1 Å². The lowest BCUT2D eigenvalue weighted by atomic mass is 9.87. The minimum Gasteiger partial charge on any atom is -0.317 e. The molecule has 0 bridgehead atoms. The Labute approximate surface area is 104 Å². The van der Waals surface area contributed by atoms with Crippen LogP contribution in [0.25, 0.3) is 0 Å². The van der Waals surface area contributed by atoms with E-state index in [0.29, 0.717) is 5.41 Å². The van der Waals surface area contributed by atoms with Crippen molar-refractivity contribution in [3.63, 3.8) is 0 Å². The number of hydrogen-bond donors (Lipinski definition) is 1. The van der Waals surface area contributed by atoms with E-state index in [4.69, 9.17) is 0 Å². The minimum absolute atomic E-state index is 0.318. The highest BCUT2D eigenvalue weighted by atomic mass is 32.1. The van der Waals surface area contributed by atoms with Gasteiger partial charge in [-0.3, -0.25) is 0 Å². The molecule has 0 aliphatic heterocycles. The van der Waals surface area contributed by atoms with E-state index < -0.39 is 0 Å². The molecule has 1 nitrogen and oxygen atoms in total. The Kier molecular flexibility index (Phi) is 5.50. The first-order valence-electron chi connectivity index (χ1n) is 6.40. The van der Waals surface area contributed by atoms with E-state index in [2.05, 4.69) is 45.1 Å². The van der Waals surface area contributed by atoms with E-state index in [-0.39, 0.29) is 0 Å². The first-order chi connectivity index (χ1) is 7.60. The monoisotopic (exact) mass is 239 g/mol. The van der Waals surface area contributed by atoms with Gasteiger partial charge in [0.2, 0.25) is 0 Å². The Morgan fingerprint density at radius 3 is 2.50 bits per heavy atom. The molecular formula is C14H25NS. The molecule has 0 amide bonds. The first kappa shape index (κ1) is 13.7. The topological polar surface area (TPSA) is 12.0 Å². The summed E-state index contributed by atoms with van der Waals surface area (Å²) in [6, 6.07) is 4.59. The van der Waals surface area contributed by atoms with Gasteiger partial charge in [0.25, 0.3) is 0 Å². The van der Waals surface area contributed by atoms with Crippen LogP contribution >= 0.6 is 11.3 Å². The number of nitrogens with one attached hydrogen (secondary N) is 1. The fraction of sp³-hybridized carbons (Fsp3) is 0.714. The second kappa shape index (κ2) is 6.41. The summed E-state index contributed by atoms with van der Waals surface area (Å²) in [4.78, 5) is 3.03. The summed E-state index contributed by atoms with van der Waals surface area (Å²) in [5.74, 6) is 0. The van der Waals surface area contributed by atoms with Crippen molar-refractivity contribution >= 4 is 11.3 Å². The summed E-state index contributed by atoms with van der Waals surface area (Å²) >= 11 is 1.98. The second-order valence-electron chi connectivity index (χ2n) is 5.00. The van der Waals surface area contributed by atoms with E-state index in [1.54, 1.807) is 0 Å². The molecule has 2 heteroatoms. The summed E-state index contributed by atoms with van der Waals surface area (Å²) in [6.07, 6.45) is 3.60. The van der Waals surface area contributed by atoms with Crippen LogP contribution < -0.4 is 5.32 Å². The molecule has 1 heterocycles. The van der Waals surface area contributed by atoms with Crippen molar-refractivity contribution in [2.24, 2.45) is 0 Å². The predicted molar refractivity (Wildman–Crippen MR) is 74.5 cm³/mol. The molecule has 0 unspecified atom stereocenters. The maximum absolute atomic E-state index is 3.49. The van der Waals surface area contributed by atoms with Gasteiger partial charge in [-0.1, -0.05) is 27.7 Å². The summed E-state index contributed by atoms with van der Waals surface area (Å²) < 4.78 is 0. The summed E-state index contributed by atoms with van der Waals surface area (Å²) in [5.41, 5.74) is 0.318. The van der Waals surface area contributed by atoms with Gasteiger partial charge in [-0.05, 0) is 44.5 Å². The number of rotatable bonds is 7. The van der Waals surface area contributed by atoms with E-state index >= 15 is 0 Å². The zero-order valence-corrected chi connectivity index (χ0v) is 11.9. The third-order valence-electron chi connectivity index (χ3n) is 3.03. The van der Waals surface area contributed by atoms with Crippen molar-refractivity contribution < 1.29 is 0 Å². The third-order valence-corrected chi connectivity index (χ3v) is 4.63. The zero-order valence-electron chi connectivity index (χ0n) is 11.1. The summed E-state index contributed by atoms with van der Waals surface area (Å²) in [7, 11) is 0. The standard InChI is InChI=1S/C14H25NS/c1-5-10-15-11-9-14(3,4)13-8-7-12(6-2)16-13/h7-8,15H,5-6,9-11H2,1-4H3. The summed E-state index contributed by atoms with van der Waals surface area (Å²) in [5, 5.41) is 3.49. The van der Waals surface area contributed by atoms with Gasteiger partial charge < -0.3 is 5.32 Å². The van der Waals surface area contributed by atoms with E-state index in [0.717, 1.165) is 19.5 Å². The molecule has 16 heavy (non-hydrogen) atoms. The lowest BCUT2D eigenvalue weighted by Gasteiger charge is -2.23. The quantitative estimate of drug-likeness (QED) is 0.710. The molecule has 1 rings (SSSR count). The molecule has 0 atom stereocenters. The molecule has 0 spiro atoms. The predicted octanol–water partition coefficient (Wildman–Crippen LogP) is 3.98. The highest BCUT2D eigenvalue weighted by Crippen LogP contribution is 2.32. The number of hydrogen-bond acceptors (Lipinski definition) is 2. The Balaban J connectivity index is 2.48. The van der Waals surface area contributed by atoms with E-state index in [1.807, 2.05) is 11.3 Å². The minimum atomic E-state index is 0.318. The Hall–Kier alpha value is -0.340. The Morgan fingerprint density at radius 1 is 1.19 bits per heavy atom. The van der Waals surface area contributed by atoms with Gasteiger partial charge in [0.1, 0.15) is 0 Å². The van der Waals surface area contributed by atoms with Gasteiger partial charge >= 0.3 is 0 Å². The molecule has 1 N–H and O–H groups in total. The first-order valence-corrected chi connectivity index (χ1v) is 7.21. The molecule has 0 saturated carbocycles. The highest BCUT2D eigenvalue weighted by molar-refractivity contribution is 7.12. The van der Waals surface area contributed by atoms with E-state index in [1.165, 1.54) is 22.6 Å². The zero-order chi connectivity index (χ0) is 12.0. The molecule has 0 aliphatic carbocycles. The van der Waals surface area contributed by atoms with Crippen LogP contribution in [0.4, 0.5) is 0 Å². The fourth-order valence-electron chi connectivity index (χ4n) is 1.76. The SMILES string of the molecule is CCCNCCC(C)(C)c1ccc(CC)s1. The van der Waals surface area contributed by atoms with Crippen molar-refractivity contribution in [1.29, 1.82) is 0 Å². The molecule has 0 aromatic carbocycles. The van der Waals surface area contributed by atoms with Gasteiger partial charge in [-0.2, -0.15) is 0 Å². The fourth-order valence-corrected chi connectivity index (χ4v) is 2.83. The van der Waals surface area contributed by atoms with Gasteiger partial charge in [0.05, 0.1) is 0 Å². The van der Waals surface area contributed by atoms with Gasteiger partial charge in [-0.25, -0.2) is 0 Å². The molecule has 1 aromatic heterocycles. The largest absolute Gasteiger partial charge is 0.317 e. The second-order valence-corrected chi connectivity index (χ2v) is 6.17. The van der Waals surface area contributed by atoms with Crippen LogP contribution in [0.15, 0.2) is 12.1 Å². The molecule has 92 valence electrons. The lowest BCUT2D eigenvalue weighted by Crippen LogP contribution is -2.25. The van der Waals surface area contributed by atoms with Gasteiger partial charge in [0.15, 0.2) is 0 Å². The number of aryl methyl sites for hydroxylation is 1. The van der Waals surface area contributed by atoms with Crippen molar-refractivity contribution in [3.05, 3.63) is 21.9 Å². The highest BCUT2D eigenvalue weighted by Gasteiger charge is 2.21. The third kappa shape index (κ3) is 3.91. The molecule has 1 aromatic rings. The van der Waals surface area contributed by atoms with Crippen molar-refractivity contribution in [3.8, 4) is 0 Å². The maximum atomic E-state index is 3.49. The molecule has 0 saturated heterocycles. The van der Waals surface area contributed by atoms with Gasteiger partial charge in [-0.15, -0.1) is 11.3 Å². The Morgan fingerprint density at radius 2 is 1.94 bits per heavy atom. The molecular weight excluding hydrogens is 214 g/mol. The van der Waals surface area contributed by atoms with Crippen LogP contribution in [0.1, 0.15) is 50.3 Å². The van der Waals surface area contributed by atoms with Crippen LogP contribution in [0.3, 0.4) is 0 Å².